The molecule has 19 heavy (non-hydrogen) atoms. The number of aliphatic hydroxyl groups is 1. The molecule has 7 nitrogen and oxygen atoms in total. The molecule has 1 saturated heterocycles. The van der Waals surface area contributed by atoms with Gasteiger partial charge in [-0.3, -0.25) is 10.1 Å². The monoisotopic (exact) mass is 286 g/mol. The zero-order valence-corrected chi connectivity index (χ0v) is 11.1. The van der Waals surface area contributed by atoms with Crippen molar-refractivity contribution in [1.82, 2.24) is 0 Å². The molecule has 1 fully saturated rings. The van der Waals surface area contributed by atoms with E-state index in [9.17, 15) is 23.6 Å². The molecule has 0 spiro atoms. The zero-order valence-electron chi connectivity index (χ0n) is 10.2. The van der Waals surface area contributed by atoms with E-state index in [2.05, 4.69) is 5.32 Å². The van der Waals surface area contributed by atoms with Crippen LogP contribution in [0.15, 0.2) is 18.2 Å². The number of hydrogen-bond donors (Lipinski definition) is 2. The fourth-order valence-electron chi connectivity index (χ4n) is 2.08. The molecule has 0 unspecified atom stereocenters. The van der Waals surface area contributed by atoms with Gasteiger partial charge in [-0.15, -0.1) is 0 Å². The molecule has 8 heteroatoms. The Hall–Kier alpha value is -1.67. The van der Waals surface area contributed by atoms with Gasteiger partial charge in [0.05, 0.1) is 28.6 Å². The summed E-state index contributed by atoms with van der Waals surface area (Å²) in [5, 5.41) is 23.4. The van der Waals surface area contributed by atoms with E-state index in [1.165, 1.54) is 12.1 Å². The van der Waals surface area contributed by atoms with E-state index < -0.39 is 26.9 Å². The second-order valence-electron chi connectivity index (χ2n) is 4.67. The number of nitrogens with one attached hydrogen (secondary N) is 1. The van der Waals surface area contributed by atoms with Gasteiger partial charge in [-0.2, -0.15) is 0 Å². The number of nitrogens with zero attached hydrogens (tertiary/aromatic N) is 1. The first-order valence-corrected chi connectivity index (χ1v) is 7.51. The quantitative estimate of drug-likeness (QED) is 0.617. The Bertz CT molecular complexity index is 614. The van der Waals surface area contributed by atoms with Crippen LogP contribution in [0.4, 0.5) is 11.4 Å². The molecule has 0 amide bonds. The predicted molar refractivity (Wildman–Crippen MR) is 69.9 cm³/mol. The molecule has 0 saturated carbocycles. The highest BCUT2D eigenvalue weighted by Crippen LogP contribution is 2.28. The van der Waals surface area contributed by atoms with Crippen LogP contribution in [-0.4, -0.2) is 42.1 Å². The van der Waals surface area contributed by atoms with Crippen molar-refractivity contribution >= 4 is 21.2 Å². The summed E-state index contributed by atoms with van der Waals surface area (Å²) in [7, 11) is -3.29. The number of hydrogen-bond acceptors (Lipinski definition) is 6. The number of nitro groups is 1. The van der Waals surface area contributed by atoms with Gasteiger partial charge in [-0.05, 0) is 18.6 Å². The average Bonchev–Trinajstić information content (AvgIpc) is 2.54. The van der Waals surface area contributed by atoms with Gasteiger partial charge in [0.1, 0.15) is 5.69 Å². The summed E-state index contributed by atoms with van der Waals surface area (Å²) in [5.41, 5.74) is 0.824. The lowest BCUT2D eigenvalue weighted by molar-refractivity contribution is -0.384. The molecule has 0 aliphatic carbocycles. The number of rotatable bonds is 3. The summed E-state index contributed by atoms with van der Waals surface area (Å²) < 4.78 is 22.8. The Morgan fingerprint density at radius 1 is 1.42 bits per heavy atom. The first-order valence-electron chi connectivity index (χ1n) is 5.68. The lowest BCUT2D eigenvalue weighted by Gasteiger charge is -2.16. The van der Waals surface area contributed by atoms with Gasteiger partial charge in [0.2, 0.25) is 0 Å². The summed E-state index contributed by atoms with van der Waals surface area (Å²) in [6, 6.07) is 3.89. The summed E-state index contributed by atoms with van der Waals surface area (Å²) in [5.74, 6) is -0.538. The van der Waals surface area contributed by atoms with E-state index in [0.29, 0.717) is 0 Å². The van der Waals surface area contributed by atoms with Crippen LogP contribution in [0.1, 0.15) is 5.56 Å². The van der Waals surface area contributed by atoms with Gasteiger partial charge < -0.3 is 10.4 Å². The highest BCUT2D eigenvalue weighted by molar-refractivity contribution is 7.91. The number of nitro benzene ring substituents is 1. The van der Waals surface area contributed by atoms with Crippen molar-refractivity contribution in [2.24, 2.45) is 0 Å². The summed E-state index contributed by atoms with van der Waals surface area (Å²) >= 11 is 0. The van der Waals surface area contributed by atoms with Crippen molar-refractivity contribution in [1.29, 1.82) is 0 Å². The molecule has 104 valence electrons. The van der Waals surface area contributed by atoms with Crippen molar-refractivity contribution < 1.29 is 18.4 Å². The second-order valence-corrected chi connectivity index (χ2v) is 6.83. The Kier molecular flexibility index (Phi) is 3.46. The van der Waals surface area contributed by atoms with Crippen molar-refractivity contribution in [3.8, 4) is 0 Å². The molecule has 2 rings (SSSR count). The maximum atomic E-state index is 11.4. The van der Waals surface area contributed by atoms with E-state index in [0.717, 1.165) is 5.56 Å². The maximum absolute atomic E-state index is 11.4. The lowest BCUT2D eigenvalue weighted by Crippen LogP contribution is -2.32. The molecular weight excluding hydrogens is 272 g/mol. The fraction of sp³-hybridized carbons (Fsp3) is 0.455. The second kappa shape index (κ2) is 4.78. The van der Waals surface area contributed by atoms with Crippen LogP contribution in [0.3, 0.4) is 0 Å². The van der Waals surface area contributed by atoms with Crippen LogP contribution in [-0.2, 0) is 9.84 Å². The minimum Gasteiger partial charge on any atom is -0.390 e. The third-order valence-electron chi connectivity index (χ3n) is 3.01. The number of benzene rings is 1. The third kappa shape index (κ3) is 3.02. The zero-order chi connectivity index (χ0) is 14.2. The van der Waals surface area contributed by atoms with E-state index in [1.54, 1.807) is 13.0 Å². The number of aliphatic hydroxyl groups excluding tert-OH is 1. The molecule has 1 aromatic carbocycles. The van der Waals surface area contributed by atoms with Crippen LogP contribution >= 0.6 is 0 Å². The van der Waals surface area contributed by atoms with Crippen molar-refractivity contribution in [3.05, 3.63) is 33.9 Å². The van der Waals surface area contributed by atoms with E-state index in [4.69, 9.17) is 0 Å². The number of sulfone groups is 1. The molecule has 2 N–H and O–H groups in total. The van der Waals surface area contributed by atoms with Gasteiger partial charge in [-0.25, -0.2) is 8.42 Å². The molecule has 1 aliphatic rings. The molecule has 1 heterocycles. The third-order valence-corrected chi connectivity index (χ3v) is 4.73. The van der Waals surface area contributed by atoms with Gasteiger partial charge in [-0.1, -0.05) is 6.07 Å². The Morgan fingerprint density at radius 3 is 2.63 bits per heavy atom. The van der Waals surface area contributed by atoms with Gasteiger partial charge >= 0.3 is 0 Å². The van der Waals surface area contributed by atoms with E-state index >= 15 is 0 Å². The molecule has 1 aromatic rings. The van der Waals surface area contributed by atoms with Gasteiger partial charge in [0, 0.05) is 6.07 Å². The fourth-order valence-corrected chi connectivity index (χ4v) is 3.82. The Balaban J connectivity index is 2.27. The highest BCUT2D eigenvalue weighted by Gasteiger charge is 2.37. The Labute approximate surface area is 110 Å². The minimum atomic E-state index is -3.29. The van der Waals surface area contributed by atoms with Crippen molar-refractivity contribution in [2.45, 2.75) is 19.1 Å². The first-order chi connectivity index (χ1) is 8.78. The largest absolute Gasteiger partial charge is 0.390 e. The van der Waals surface area contributed by atoms with Crippen LogP contribution in [0.2, 0.25) is 0 Å². The minimum absolute atomic E-state index is 0.128. The van der Waals surface area contributed by atoms with Crippen LogP contribution in [0.25, 0.3) is 0 Å². The summed E-state index contributed by atoms with van der Waals surface area (Å²) in [6.07, 6.45) is -1.05. The van der Waals surface area contributed by atoms with Crippen molar-refractivity contribution in [2.75, 3.05) is 16.8 Å². The molecule has 0 bridgehead atoms. The molecular formula is C11H14N2O5S. The normalized spacial score (nSPS) is 25.2. The van der Waals surface area contributed by atoms with E-state index in [-0.39, 0.29) is 22.9 Å². The van der Waals surface area contributed by atoms with Crippen LogP contribution < -0.4 is 5.32 Å². The SMILES string of the molecule is Cc1ccc(N[C@H]2CS(=O)(=O)C[C@H]2O)c([N+](=O)[O-])c1. The molecule has 2 atom stereocenters. The summed E-state index contributed by atoms with van der Waals surface area (Å²) in [6.45, 7) is 1.73. The lowest BCUT2D eigenvalue weighted by atomic mass is 10.1. The molecule has 0 radical (unpaired) electrons. The number of anilines is 1. The maximum Gasteiger partial charge on any atom is 0.292 e. The van der Waals surface area contributed by atoms with Gasteiger partial charge in [0.25, 0.3) is 5.69 Å². The van der Waals surface area contributed by atoms with Crippen LogP contribution in [0, 0.1) is 17.0 Å². The Morgan fingerprint density at radius 2 is 2.11 bits per heavy atom. The molecule has 1 aliphatic heterocycles. The van der Waals surface area contributed by atoms with Crippen molar-refractivity contribution in [3.63, 3.8) is 0 Å². The highest BCUT2D eigenvalue weighted by atomic mass is 32.2. The van der Waals surface area contributed by atoms with Crippen LogP contribution in [0.5, 0.6) is 0 Å². The first kappa shape index (κ1) is 13.8. The predicted octanol–water partition coefficient (Wildman–Crippen LogP) is 0.473. The van der Waals surface area contributed by atoms with E-state index in [1.807, 2.05) is 0 Å². The topological polar surface area (TPSA) is 110 Å². The molecule has 0 aromatic heterocycles. The summed E-state index contributed by atoms with van der Waals surface area (Å²) in [4.78, 5) is 10.4. The standard InChI is InChI=1S/C11H14N2O5S/c1-7-2-3-8(10(4-7)13(15)16)12-9-5-19(17,18)6-11(9)14/h2-4,9,11-12,14H,5-6H2,1H3/t9-,11+/m0/s1. The van der Waals surface area contributed by atoms with Gasteiger partial charge in [0.15, 0.2) is 9.84 Å². The average molecular weight is 286 g/mol. The number of aryl methyl sites for hydroxylation is 1. The smallest absolute Gasteiger partial charge is 0.292 e.